The maximum atomic E-state index is 5.70. The monoisotopic (exact) mass is 532 g/mol. The van der Waals surface area contributed by atoms with Crippen molar-refractivity contribution in [3.8, 4) is 0 Å². The predicted molar refractivity (Wildman–Crippen MR) is 162 cm³/mol. The van der Waals surface area contributed by atoms with Crippen LogP contribution in [0.1, 0.15) is 59.4 Å². The van der Waals surface area contributed by atoms with Gasteiger partial charge in [-0.2, -0.15) is 0 Å². The first-order chi connectivity index (χ1) is 18.8. The van der Waals surface area contributed by atoms with E-state index in [1.165, 1.54) is 40.1 Å². The van der Waals surface area contributed by atoms with E-state index < -0.39 is 0 Å². The predicted octanol–water partition coefficient (Wildman–Crippen LogP) is 8.88. The van der Waals surface area contributed by atoms with Crippen LogP contribution >= 0.6 is 23.5 Å². The zero-order chi connectivity index (χ0) is 25.4. The molecule has 38 heavy (non-hydrogen) atoms. The van der Waals surface area contributed by atoms with E-state index >= 15 is 0 Å². The Labute approximate surface area is 234 Å². The zero-order valence-electron chi connectivity index (χ0n) is 21.4. The van der Waals surface area contributed by atoms with Crippen molar-refractivity contribution in [2.45, 2.75) is 53.3 Å². The first-order valence-corrected chi connectivity index (χ1v) is 15.4. The third-order valence-electron chi connectivity index (χ3n) is 8.35. The van der Waals surface area contributed by atoms with E-state index in [9.17, 15) is 0 Å². The summed E-state index contributed by atoms with van der Waals surface area (Å²) in [6, 6.07) is 44.5. The molecule has 2 aliphatic heterocycles. The number of benzene rings is 4. The summed E-state index contributed by atoms with van der Waals surface area (Å²) in [6.45, 7) is 0.909. The highest BCUT2D eigenvalue weighted by molar-refractivity contribution is 8.27. The highest BCUT2D eigenvalue weighted by Gasteiger charge is 2.68. The average molecular weight is 533 g/mol. The molecule has 2 spiro atoms. The lowest BCUT2D eigenvalue weighted by Gasteiger charge is -2.43. The van der Waals surface area contributed by atoms with Crippen molar-refractivity contribution in [1.82, 2.24) is 4.90 Å². The van der Waals surface area contributed by atoms with Gasteiger partial charge in [0.05, 0.1) is 22.0 Å². The summed E-state index contributed by atoms with van der Waals surface area (Å²) < 4.78 is -0.106. The van der Waals surface area contributed by atoms with Gasteiger partial charge in [0.15, 0.2) is 0 Å². The fourth-order valence-corrected chi connectivity index (χ4v) is 10.8. The number of hydrogen-bond donors (Lipinski definition) is 0. The van der Waals surface area contributed by atoms with Crippen LogP contribution in [0.5, 0.6) is 0 Å². The van der Waals surface area contributed by atoms with Gasteiger partial charge in [-0.15, -0.1) is 11.8 Å². The van der Waals surface area contributed by atoms with E-state index in [2.05, 4.69) is 150 Å². The summed E-state index contributed by atoms with van der Waals surface area (Å²) in [5, 5.41) is 1.46. The second-order valence-corrected chi connectivity index (χ2v) is 13.5. The van der Waals surface area contributed by atoms with Crippen molar-refractivity contribution in [3.05, 3.63) is 144 Å². The van der Waals surface area contributed by atoms with E-state index in [4.69, 9.17) is 4.99 Å². The molecular weight excluding hydrogens is 501 g/mol. The molecule has 2 heterocycles. The number of fused-ring (bicyclic) bond motifs is 1. The number of thioether (sulfide) groups is 2. The van der Waals surface area contributed by atoms with E-state index in [0.29, 0.717) is 0 Å². The largest absolute Gasteiger partial charge is 0.274 e. The Kier molecular flexibility index (Phi) is 6.43. The van der Waals surface area contributed by atoms with Crippen LogP contribution < -0.4 is 0 Å². The van der Waals surface area contributed by atoms with E-state index in [0.717, 1.165) is 19.4 Å². The summed E-state index contributed by atoms with van der Waals surface area (Å²) in [5.74, 6) is 0. The minimum Gasteiger partial charge on any atom is -0.274 e. The van der Waals surface area contributed by atoms with Gasteiger partial charge in [0, 0.05) is 12.1 Å². The Morgan fingerprint density at radius 3 is 1.87 bits per heavy atom. The molecule has 4 aromatic carbocycles. The lowest BCUT2D eigenvalue weighted by molar-refractivity contribution is 0.160. The van der Waals surface area contributed by atoms with Crippen LogP contribution in [0.25, 0.3) is 0 Å². The molecule has 1 aliphatic carbocycles. The molecule has 3 atom stereocenters. The van der Waals surface area contributed by atoms with Crippen molar-refractivity contribution >= 4 is 28.6 Å². The maximum absolute atomic E-state index is 5.70. The number of aliphatic imine (C=N–C) groups is 1. The highest BCUT2D eigenvalue weighted by atomic mass is 32.2. The third kappa shape index (κ3) is 4.05. The Bertz CT molecular complexity index is 1400. The van der Waals surface area contributed by atoms with Crippen molar-refractivity contribution in [2.75, 3.05) is 0 Å². The molecule has 3 aliphatic rings. The first-order valence-electron chi connectivity index (χ1n) is 13.7. The average Bonchev–Trinajstić information content (AvgIpc) is 3.68. The van der Waals surface area contributed by atoms with Crippen LogP contribution in [-0.2, 0) is 6.54 Å². The van der Waals surface area contributed by atoms with E-state index in [-0.39, 0.29) is 21.0 Å². The van der Waals surface area contributed by atoms with Gasteiger partial charge >= 0.3 is 0 Å². The summed E-state index contributed by atoms with van der Waals surface area (Å²) >= 11 is 4.23. The third-order valence-corrected chi connectivity index (χ3v) is 12.0. The summed E-state index contributed by atoms with van der Waals surface area (Å²) in [6.07, 6.45) is 4.83. The number of rotatable bonds is 5. The molecule has 0 bridgehead atoms. The Morgan fingerprint density at radius 2 is 1.24 bits per heavy atom. The molecule has 2 nitrogen and oxygen atoms in total. The smallest absolute Gasteiger partial charge is 0.114 e. The van der Waals surface area contributed by atoms with Gasteiger partial charge in [-0.25, -0.2) is 0 Å². The molecule has 1 saturated carbocycles. The van der Waals surface area contributed by atoms with E-state index in [1.807, 2.05) is 0 Å². The van der Waals surface area contributed by atoms with Crippen molar-refractivity contribution in [1.29, 1.82) is 0 Å². The molecule has 190 valence electrons. The Balaban J connectivity index is 1.42. The standard InChI is InChI=1S/C34H32N2S2/c1-5-15-26(16-6-1)25-36-30(27-17-7-2-8-18-27)34(38-32(36)29-21-11-4-12-22-29)33(23-13-14-24-33)35-31(37-34)28-19-9-3-10-20-28/h1-12,15-22,30,32H,13-14,23-25H2/t30-,32-,34-/m0/s1. The fourth-order valence-electron chi connectivity index (χ4n) is 6.65. The van der Waals surface area contributed by atoms with Crippen LogP contribution in [0.15, 0.2) is 126 Å². The van der Waals surface area contributed by atoms with Gasteiger partial charge in [-0.05, 0) is 29.5 Å². The minimum absolute atomic E-state index is 0.0769. The molecule has 2 fully saturated rings. The molecule has 7 rings (SSSR count). The zero-order valence-corrected chi connectivity index (χ0v) is 23.1. The van der Waals surface area contributed by atoms with Gasteiger partial charge < -0.3 is 0 Å². The van der Waals surface area contributed by atoms with Gasteiger partial charge in [-0.3, -0.25) is 9.89 Å². The molecule has 0 radical (unpaired) electrons. The molecule has 4 heteroatoms. The van der Waals surface area contributed by atoms with Gasteiger partial charge in [0.1, 0.15) is 4.08 Å². The summed E-state index contributed by atoms with van der Waals surface area (Å²) in [4.78, 5) is 8.48. The SMILES string of the molecule is c1ccc(CN2[C@@H](c3ccccc3)[C@]3(SC(c4ccccc4)=NC34CCCC4)S[C@H]2c2ccccc2)cc1. The van der Waals surface area contributed by atoms with Crippen molar-refractivity contribution < 1.29 is 0 Å². The molecule has 0 N–H and O–H groups in total. The molecule has 0 aromatic heterocycles. The van der Waals surface area contributed by atoms with Crippen LogP contribution in [0.4, 0.5) is 0 Å². The molecule has 1 saturated heterocycles. The highest BCUT2D eigenvalue weighted by Crippen LogP contribution is 2.73. The molecule has 4 aromatic rings. The van der Waals surface area contributed by atoms with Gasteiger partial charge in [0.2, 0.25) is 0 Å². The minimum atomic E-state index is -0.106. The number of hydrogen-bond acceptors (Lipinski definition) is 4. The van der Waals surface area contributed by atoms with Gasteiger partial charge in [-0.1, -0.05) is 146 Å². The second-order valence-electron chi connectivity index (χ2n) is 10.6. The summed E-state index contributed by atoms with van der Waals surface area (Å²) in [5.41, 5.74) is 5.32. The molecule has 0 unspecified atom stereocenters. The quantitative estimate of drug-likeness (QED) is 0.255. The van der Waals surface area contributed by atoms with Gasteiger partial charge in [0.25, 0.3) is 0 Å². The van der Waals surface area contributed by atoms with Crippen LogP contribution in [0, 0.1) is 0 Å². The first kappa shape index (κ1) is 24.3. The summed E-state index contributed by atoms with van der Waals surface area (Å²) in [7, 11) is 0. The molecular formula is C34H32N2S2. The van der Waals surface area contributed by atoms with Crippen molar-refractivity contribution in [2.24, 2.45) is 4.99 Å². The number of nitrogens with zero attached hydrogens (tertiary/aromatic N) is 2. The second kappa shape index (κ2) is 10.1. The lowest BCUT2D eigenvalue weighted by atomic mass is 9.84. The van der Waals surface area contributed by atoms with Crippen molar-refractivity contribution in [3.63, 3.8) is 0 Å². The molecule has 0 amide bonds. The van der Waals surface area contributed by atoms with Crippen LogP contribution in [0.3, 0.4) is 0 Å². The van der Waals surface area contributed by atoms with Crippen LogP contribution in [-0.4, -0.2) is 19.6 Å². The normalized spacial score (nSPS) is 26.3. The Morgan fingerprint density at radius 1 is 0.684 bits per heavy atom. The fraction of sp³-hybridized carbons (Fsp3) is 0.265. The topological polar surface area (TPSA) is 15.6 Å². The van der Waals surface area contributed by atoms with Crippen LogP contribution in [0.2, 0.25) is 0 Å². The maximum Gasteiger partial charge on any atom is 0.114 e. The van der Waals surface area contributed by atoms with E-state index in [1.54, 1.807) is 0 Å². The Hall–Kier alpha value is -2.79. The lowest BCUT2D eigenvalue weighted by Crippen LogP contribution is -2.48.